The summed E-state index contributed by atoms with van der Waals surface area (Å²) in [6.45, 7) is 1.65. The number of imide groups is 1. The highest BCUT2D eigenvalue weighted by Gasteiger charge is 2.53. The van der Waals surface area contributed by atoms with E-state index in [2.05, 4.69) is 22.5 Å². The molecule has 2 aromatic carbocycles. The molecule has 4 rings (SSSR count). The summed E-state index contributed by atoms with van der Waals surface area (Å²) in [5, 5.41) is 14.8. The number of aliphatic hydroxyl groups is 1. The van der Waals surface area contributed by atoms with E-state index in [0.29, 0.717) is 17.9 Å². The van der Waals surface area contributed by atoms with Gasteiger partial charge < -0.3 is 20.1 Å². The Bertz CT molecular complexity index is 1320. The van der Waals surface area contributed by atoms with Crippen molar-refractivity contribution in [3.63, 3.8) is 0 Å². The minimum atomic E-state index is -4.86. The number of rotatable bonds is 6. The van der Waals surface area contributed by atoms with Gasteiger partial charge in [0.25, 0.3) is 11.8 Å². The molecule has 8 nitrogen and oxygen atoms in total. The predicted octanol–water partition coefficient (Wildman–Crippen LogP) is 2.83. The number of urea groups is 1. The van der Waals surface area contributed by atoms with E-state index < -0.39 is 35.7 Å². The quantitative estimate of drug-likeness (QED) is 0.405. The predicted molar refractivity (Wildman–Crippen MR) is 125 cm³/mol. The van der Waals surface area contributed by atoms with Crippen LogP contribution in [0.4, 0.5) is 18.0 Å². The van der Waals surface area contributed by atoms with Gasteiger partial charge in [-0.25, -0.2) is 4.79 Å². The lowest BCUT2D eigenvalue weighted by atomic mass is 9.89. The van der Waals surface area contributed by atoms with Crippen LogP contribution < -0.4 is 15.4 Å². The van der Waals surface area contributed by atoms with E-state index in [-0.39, 0.29) is 30.0 Å². The molecule has 11 heteroatoms. The number of fused-ring (bicyclic) bond motifs is 1. The summed E-state index contributed by atoms with van der Waals surface area (Å²) in [5.74, 6) is 5.06. The molecule has 2 aromatic rings. The van der Waals surface area contributed by atoms with E-state index in [1.54, 1.807) is 18.2 Å². The Morgan fingerprint density at radius 2 is 1.84 bits per heavy atom. The molecule has 194 valence electrons. The molecular formula is C26H24F3N3O5. The zero-order valence-corrected chi connectivity index (χ0v) is 20.0. The van der Waals surface area contributed by atoms with Gasteiger partial charge in [0.2, 0.25) is 0 Å². The van der Waals surface area contributed by atoms with Gasteiger partial charge in [-0.15, -0.1) is 0 Å². The number of ether oxygens (including phenoxy) is 1. The summed E-state index contributed by atoms with van der Waals surface area (Å²) >= 11 is 0. The minimum Gasteiger partial charge on any atom is -0.497 e. The molecule has 0 saturated carbocycles. The fourth-order valence-electron chi connectivity index (χ4n) is 4.35. The highest BCUT2D eigenvalue weighted by atomic mass is 19.4. The lowest BCUT2D eigenvalue weighted by Gasteiger charge is -2.29. The molecule has 2 atom stereocenters. The highest BCUT2D eigenvalue weighted by Crippen LogP contribution is 2.41. The maximum absolute atomic E-state index is 13.3. The zero-order valence-electron chi connectivity index (χ0n) is 20.0. The topological polar surface area (TPSA) is 108 Å². The second-order valence-electron chi connectivity index (χ2n) is 8.85. The van der Waals surface area contributed by atoms with Crippen LogP contribution in [-0.4, -0.2) is 53.2 Å². The standard InChI is InChI=1S/C26H24F3N3O5/c1-3-25(36,26(27,28)29)18-7-4-16(5-8-18)10-11-24(22(34)30-23(35)31-24)12-13-32-15-17-6-9-19(37-2)14-20(17)21(32)33/h4-9,14,36H,3,12-13,15H2,1-2H3,(H2,30,31,34,35). The van der Waals surface area contributed by atoms with Crippen LogP contribution in [0.1, 0.15) is 46.8 Å². The Hall–Kier alpha value is -4.04. The Kier molecular flexibility index (Phi) is 6.64. The molecule has 37 heavy (non-hydrogen) atoms. The second kappa shape index (κ2) is 9.44. The average molecular weight is 515 g/mol. The third-order valence-electron chi connectivity index (χ3n) is 6.66. The van der Waals surface area contributed by atoms with E-state index in [1.165, 1.54) is 31.1 Å². The van der Waals surface area contributed by atoms with Crippen molar-refractivity contribution in [3.05, 3.63) is 64.7 Å². The highest BCUT2D eigenvalue weighted by molar-refractivity contribution is 6.09. The van der Waals surface area contributed by atoms with Gasteiger partial charge in [-0.1, -0.05) is 37.0 Å². The van der Waals surface area contributed by atoms with Gasteiger partial charge in [-0.05, 0) is 41.8 Å². The Morgan fingerprint density at radius 1 is 1.14 bits per heavy atom. The van der Waals surface area contributed by atoms with Crippen LogP contribution in [0.2, 0.25) is 0 Å². The third-order valence-corrected chi connectivity index (χ3v) is 6.66. The van der Waals surface area contributed by atoms with E-state index >= 15 is 0 Å². The third kappa shape index (κ3) is 4.72. The van der Waals surface area contributed by atoms with E-state index in [1.807, 2.05) is 0 Å². The molecule has 2 aliphatic rings. The molecule has 2 heterocycles. The molecule has 2 unspecified atom stereocenters. The molecule has 0 aliphatic carbocycles. The number of benzene rings is 2. The number of halogens is 3. The van der Waals surface area contributed by atoms with Crippen molar-refractivity contribution < 1.29 is 37.4 Å². The van der Waals surface area contributed by atoms with Crippen LogP contribution in [-0.2, 0) is 16.9 Å². The summed E-state index contributed by atoms with van der Waals surface area (Å²) in [6.07, 6.45) is -5.44. The summed E-state index contributed by atoms with van der Waals surface area (Å²) < 4.78 is 45.2. The van der Waals surface area contributed by atoms with Crippen molar-refractivity contribution in [1.82, 2.24) is 15.5 Å². The van der Waals surface area contributed by atoms with Crippen molar-refractivity contribution in [2.24, 2.45) is 0 Å². The fourth-order valence-corrected chi connectivity index (χ4v) is 4.35. The van der Waals surface area contributed by atoms with E-state index in [9.17, 15) is 32.7 Å². The summed E-state index contributed by atoms with van der Waals surface area (Å²) in [7, 11) is 1.50. The summed E-state index contributed by atoms with van der Waals surface area (Å²) in [6, 6.07) is 9.26. The van der Waals surface area contributed by atoms with E-state index in [4.69, 9.17) is 4.74 Å². The van der Waals surface area contributed by atoms with Crippen LogP contribution >= 0.6 is 0 Å². The number of carbonyl (C=O) groups excluding carboxylic acids is 3. The Morgan fingerprint density at radius 3 is 2.41 bits per heavy atom. The van der Waals surface area contributed by atoms with Crippen molar-refractivity contribution in [1.29, 1.82) is 0 Å². The maximum Gasteiger partial charge on any atom is 0.421 e. The van der Waals surface area contributed by atoms with Crippen molar-refractivity contribution in [2.75, 3.05) is 13.7 Å². The fraction of sp³-hybridized carbons (Fsp3) is 0.346. The molecule has 0 bridgehead atoms. The van der Waals surface area contributed by atoms with Crippen LogP contribution in [0.15, 0.2) is 42.5 Å². The minimum absolute atomic E-state index is 0.0177. The number of methoxy groups -OCH3 is 1. The molecule has 4 amide bonds. The number of nitrogens with one attached hydrogen (secondary N) is 2. The molecule has 1 saturated heterocycles. The van der Waals surface area contributed by atoms with Crippen molar-refractivity contribution in [3.8, 4) is 17.6 Å². The van der Waals surface area contributed by atoms with Gasteiger partial charge >= 0.3 is 12.2 Å². The number of hydrogen-bond donors (Lipinski definition) is 3. The monoisotopic (exact) mass is 515 g/mol. The summed E-state index contributed by atoms with van der Waals surface area (Å²) in [4.78, 5) is 39.0. The Balaban J connectivity index is 1.54. The number of hydrogen-bond acceptors (Lipinski definition) is 5. The molecular weight excluding hydrogens is 491 g/mol. The number of carbonyl (C=O) groups is 3. The van der Waals surface area contributed by atoms with Crippen molar-refractivity contribution >= 4 is 17.8 Å². The van der Waals surface area contributed by atoms with Crippen LogP contribution in [0.3, 0.4) is 0 Å². The molecule has 0 aromatic heterocycles. The van der Waals surface area contributed by atoms with Gasteiger partial charge in [0, 0.05) is 30.6 Å². The Labute approximate surface area is 210 Å². The number of alkyl halides is 3. The lowest BCUT2D eigenvalue weighted by molar-refractivity contribution is -0.267. The van der Waals surface area contributed by atoms with Gasteiger partial charge in [-0.3, -0.25) is 14.9 Å². The zero-order chi connectivity index (χ0) is 27.0. The normalized spacial score (nSPS) is 20.5. The summed E-state index contributed by atoms with van der Waals surface area (Å²) in [5.41, 5.74) is -3.41. The van der Waals surface area contributed by atoms with Gasteiger partial charge in [0.05, 0.1) is 7.11 Å². The van der Waals surface area contributed by atoms with E-state index in [0.717, 1.165) is 17.7 Å². The van der Waals surface area contributed by atoms with Crippen LogP contribution in [0, 0.1) is 11.8 Å². The molecule has 3 N–H and O–H groups in total. The van der Waals surface area contributed by atoms with Gasteiger partial charge in [-0.2, -0.15) is 13.2 Å². The molecule has 0 spiro atoms. The molecule has 0 radical (unpaired) electrons. The number of nitrogens with zero attached hydrogens (tertiary/aromatic N) is 1. The first-order chi connectivity index (χ1) is 17.4. The largest absolute Gasteiger partial charge is 0.497 e. The van der Waals surface area contributed by atoms with Gasteiger partial charge in [0.1, 0.15) is 5.75 Å². The van der Waals surface area contributed by atoms with Crippen LogP contribution in [0.25, 0.3) is 0 Å². The first kappa shape index (κ1) is 26.0. The average Bonchev–Trinajstić information content (AvgIpc) is 3.34. The first-order valence-electron chi connectivity index (χ1n) is 11.4. The van der Waals surface area contributed by atoms with Crippen molar-refractivity contribution in [2.45, 2.75) is 43.6 Å². The first-order valence-corrected chi connectivity index (χ1v) is 11.4. The molecule has 1 fully saturated rings. The smallest absolute Gasteiger partial charge is 0.421 e. The number of amides is 4. The maximum atomic E-state index is 13.3. The van der Waals surface area contributed by atoms with Crippen LogP contribution in [0.5, 0.6) is 5.75 Å². The lowest BCUT2D eigenvalue weighted by Crippen LogP contribution is -2.48. The van der Waals surface area contributed by atoms with Gasteiger partial charge in [0.15, 0.2) is 11.1 Å². The second-order valence-corrected chi connectivity index (χ2v) is 8.85. The SMILES string of the molecule is CCC(O)(c1ccc(C#CC2(CCN3Cc4ccc(OC)cc4C3=O)NC(=O)NC2=O)cc1)C(F)(F)F. The molecule has 2 aliphatic heterocycles.